The second-order valence-corrected chi connectivity index (χ2v) is 8.36. The van der Waals surface area contributed by atoms with Crippen molar-refractivity contribution in [2.24, 2.45) is 0 Å². The molecule has 1 fully saturated rings. The molecule has 1 atom stereocenters. The minimum atomic E-state index is -4.53. The summed E-state index contributed by atoms with van der Waals surface area (Å²) in [5.41, 5.74) is 0.211. The van der Waals surface area contributed by atoms with Gasteiger partial charge in [0.25, 0.3) is 5.91 Å². The number of halogens is 3. The first-order chi connectivity index (χ1) is 16.3. The van der Waals surface area contributed by atoms with Crippen molar-refractivity contribution < 1.29 is 18.0 Å². The maximum atomic E-state index is 13.5. The topological polar surface area (TPSA) is 86.6 Å². The van der Waals surface area contributed by atoms with Gasteiger partial charge in [-0.1, -0.05) is 18.2 Å². The van der Waals surface area contributed by atoms with Crippen LogP contribution >= 0.6 is 0 Å². The van der Waals surface area contributed by atoms with Gasteiger partial charge in [0.05, 0.1) is 29.8 Å². The number of rotatable bonds is 4. The first-order valence-corrected chi connectivity index (χ1v) is 11.1. The second-order valence-electron chi connectivity index (χ2n) is 8.36. The van der Waals surface area contributed by atoms with Crippen molar-refractivity contribution >= 4 is 11.6 Å². The van der Waals surface area contributed by atoms with E-state index in [9.17, 15) is 18.0 Å². The zero-order valence-electron chi connectivity index (χ0n) is 18.5. The summed E-state index contributed by atoms with van der Waals surface area (Å²) in [7, 11) is 0. The molecule has 2 aromatic heterocycles. The Bertz CT molecular complexity index is 1260. The largest absolute Gasteiger partial charge is 0.417 e. The van der Waals surface area contributed by atoms with Gasteiger partial charge in [-0.2, -0.15) is 18.3 Å². The summed E-state index contributed by atoms with van der Waals surface area (Å²) in [6, 6.07) is 8.27. The van der Waals surface area contributed by atoms with Crippen LogP contribution < -0.4 is 16.0 Å². The standard InChI is InChI=1S/C23H24F3N7O/c1-14-21(22(34)30-18-12-20(28-13-27-18)32-10-4-5-11-32)33-19(29-14)9-8-17(31-33)15-6-2-3-7-16(15)23(24,25)26/h2-3,6-9,12,20,27-28H,4-5,10-11,13H2,1H3,(H,30,34). The Balaban J connectivity index is 1.47. The van der Waals surface area contributed by atoms with Crippen LogP contribution in [0.4, 0.5) is 13.2 Å². The van der Waals surface area contributed by atoms with Gasteiger partial charge in [-0.05, 0) is 57.1 Å². The predicted molar refractivity (Wildman–Crippen MR) is 119 cm³/mol. The highest BCUT2D eigenvalue weighted by Crippen LogP contribution is 2.36. The van der Waals surface area contributed by atoms with Crippen molar-refractivity contribution in [1.82, 2.24) is 35.4 Å². The third-order valence-corrected chi connectivity index (χ3v) is 6.07. The van der Waals surface area contributed by atoms with Crippen molar-refractivity contribution in [3.8, 4) is 11.3 Å². The number of amides is 1. The number of fused-ring (bicyclic) bond motifs is 1. The van der Waals surface area contributed by atoms with Gasteiger partial charge in [0, 0.05) is 5.56 Å². The van der Waals surface area contributed by atoms with Gasteiger partial charge in [-0.3, -0.25) is 15.0 Å². The molecule has 1 amide bonds. The smallest absolute Gasteiger partial charge is 0.359 e. The van der Waals surface area contributed by atoms with Gasteiger partial charge in [0.1, 0.15) is 5.82 Å². The maximum absolute atomic E-state index is 13.5. The van der Waals surface area contributed by atoms with Gasteiger partial charge < -0.3 is 10.6 Å². The van der Waals surface area contributed by atoms with Crippen LogP contribution in [0.25, 0.3) is 16.9 Å². The van der Waals surface area contributed by atoms with Crippen LogP contribution in [-0.2, 0) is 6.18 Å². The molecule has 2 aliphatic heterocycles. The quantitative estimate of drug-likeness (QED) is 0.543. The lowest BCUT2D eigenvalue weighted by atomic mass is 10.0. The summed E-state index contributed by atoms with van der Waals surface area (Å²) in [5.74, 6) is 0.119. The fourth-order valence-electron chi connectivity index (χ4n) is 4.45. The Hall–Kier alpha value is -3.44. The maximum Gasteiger partial charge on any atom is 0.417 e. The van der Waals surface area contributed by atoms with Crippen molar-refractivity contribution in [3.63, 3.8) is 0 Å². The van der Waals surface area contributed by atoms with E-state index in [0.717, 1.165) is 32.0 Å². The van der Waals surface area contributed by atoms with Crippen LogP contribution in [0.5, 0.6) is 0 Å². The average molecular weight is 471 g/mol. The molecule has 0 spiro atoms. The number of alkyl halides is 3. The van der Waals surface area contributed by atoms with Crippen molar-refractivity contribution in [2.45, 2.75) is 32.1 Å². The van der Waals surface area contributed by atoms with E-state index in [1.165, 1.54) is 28.8 Å². The Morgan fingerprint density at radius 3 is 2.68 bits per heavy atom. The highest BCUT2D eigenvalue weighted by Gasteiger charge is 2.34. The highest BCUT2D eigenvalue weighted by molar-refractivity contribution is 5.95. The molecular weight excluding hydrogens is 447 g/mol. The van der Waals surface area contributed by atoms with E-state index in [0.29, 0.717) is 23.8 Å². The van der Waals surface area contributed by atoms with E-state index >= 15 is 0 Å². The Kier molecular flexibility index (Phi) is 5.74. The zero-order chi connectivity index (χ0) is 23.9. The monoisotopic (exact) mass is 471 g/mol. The summed E-state index contributed by atoms with van der Waals surface area (Å²) < 4.78 is 41.9. The van der Waals surface area contributed by atoms with Crippen LogP contribution in [-0.4, -0.2) is 51.3 Å². The lowest BCUT2D eigenvalue weighted by Gasteiger charge is -2.31. The SMILES string of the molecule is Cc1nc2ccc(-c3ccccc3C(F)(F)F)nn2c1C(=O)NC1=CC(N2CCCC2)NCN1. The molecule has 0 aliphatic carbocycles. The molecule has 1 unspecified atom stereocenters. The summed E-state index contributed by atoms with van der Waals surface area (Å²) in [6.45, 7) is 4.15. The molecule has 2 aliphatic rings. The van der Waals surface area contributed by atoms with Crippen LogP contribution in [0, 0.1) is 6.92 Å². The summed E-state index contributed by atoms with van der Waals surface area (Å²) in [6.07, 6.45) is -0.298. The van der Waals surface area contributed by atoms with Gasteiger partial charge in [0.2, 0.25) is 0 Å². The summed E-state index contributed by atoms with van der Waals surface area (Å²) >= 11 is 0. The van der Waals surface area contributed by atoms with Crippen LogP contribution in [0.3, 0.4) is 0 Å². The van der Waals surface area contributed by atoms with Crippen molar-refractivity contribution in [2.75, 3.05) is 19.8 Å². The number of aryl methyl sites for hydroxylation is 1. The average Bonchev–Trinajstić information content (AvgIpc) is 3.45. The number of carbonyl (C=O) groups is 1. The molecule has 5 rings (SSSR count). The van der Waals surface area contributed by atoms with E-state index in [1.54, 1.807) is 13.0 Å². The van der Waals surface area contributed by atoms with Crippen LogP contribution in [0.15, 0.2) is 48.3 Å². The molecule has 0 saturated carbocycles. The highest BCUT2D eigenvalue weighted by atomic mass is 19.4. The third-order valence-electron chi connectivity index (χ3n) is 6.07. The number of nitrogens with zero attached hydrogens (tertiary/aromatic N) is 4. The third kappa shape index (κ3) is 4.24. The predicted octanol–water partition coefficient (Wildman–Crippen LogP) is 2.87. The second kappa shape index (κ2) is 8.73. The van der Waals surface area contributed by atoms with E-state index in [4.69, 9.17) is 0 Å². The molecular formula is C23H24F3N7O. The number of benzene rings is 1. The lowest BCUT2D eigenvalue weighted by molar-refractivity contribution is -0.137. The molecule has 1 aromatic carbocycles. The lowest BCUT2D eigenvalue weighted by Crippen LogP contribution is -2.52. The molecule has 0 bridgehead atoms. The Morgan fingerprint density at radius 2 is 1.91 bits per heavy atom. The summed E-state index contributed by atoms with van der Waals surface area (Å²) in [4.78, 5) is 19.9. The number of nitrogens with one attached hydrogen (secondary N) is 3. The van der Waals surface area contributed by atoms with Crippen LogP contribution in [0.2, 0.25) is 0 Å². The number of aromatic nitrogens is 3. The molecule has 3 aromatic rings. The number of likely N-dealkylation sites (tertiary alicyclic amines) is 1. The van der Waals surface area contributed by atoms with Gasteiger partial charge >= 0.3 is 6.18 Å². The number of hydrogen-bond acceptors (Lipinski definition) is 6. The minimum absolute atomic E-state index is 0.0194. The van der Waals surface area contributed by atoms with Gasteiger partial charge in [-0.15, -0.1) is 0 Å². The van der Waals surface area contributed by atoms with Gasteiger partial charge in [-0.25, -0.2) is 9.50 Å². The fourth-order valence-corrected chi connectivity index (χ4v) is 4.45. The first-order valence-electron chi connectivity index (χ1n) is 11.1. The van der Waals surface area contributed by atoms with E-state index in [-0.39, 0.29) is 23.1 Å². The van der Waals surface area contributed by atoms with E-state index in [1.807, 2.05) is 6.08 Å². The van der Waals surface area contributed by atoms with Crippen molar-refractivity contribution in [3.05, 3.63) is 65.2 Å². The molecule has 34 heavy (non-hydrogen) atoms. The molecule has 11 heteroatoms. The van der Waals surface area contributed by atoms with E-state index < -0.39 is 17.6 Å². The number of imidazole rings is 1. The molecule has 0 radical (unpaired) electrons. The molecule has 3 N–H and O–H groups in total. The molecule has 4 heterocycles. The Labute approximate surface area is 193 Å². The molecule has 1 saturated heterocycles. The number of carbonyl (C=O) groups excluding carboxylic acids is 1. The van der Waals surface area contributed by atoms with Gasteiger partial charge in [0.15, 0.2) is 11.3 Å². The van der Waals surface area contributed by atoms with Crippen LogP contribution in [0.1, 0.15) is 34.6 Å². The zero-order valence-corrected chi connectivity index (χ0v) is 18.5. The van der Waals surface area contributed by atoms with E-state index in [2.05, 4.69) is 30.9 Å². The Morgan fingerprint density at radius 1 is 1.15 bits per heavy atom. The first kappa shape index (κ1) is 22.4. The minimum Gasteiger partial charge on any atom is -0.359 e. The summed E-state index contributed by atoms with van der Waals surface area (Å²) in [5, 5.41) is 13.7. The normalized spacial score (nSPS) is 19.2. The fraction of sp³-hybridized carbons (Fsp3) is 0.348. The molecule has 8 nitrogen and oxygen atoms in total. The number of hydrogen-bond donors (Lipinski definition) is 3. The molecule has 178 valence electrons. The van der Waals surface area contributed by atoms with Crippen molar-refractivity contribution in [1.29, 1.82) is 0 Å².